The highest BCUT2D eigenvalue weighted by Gasteiger charge is 2.39. The zero-order valence-corrected chi connectivity index (χ0v) is 11.8. The summed E-state index contributed by atoms with van der Waals surface area (Å²) in [7, 11) is 0. The molecule has 2 atom stereocenters. The first kappa shape index (κ1) is 12.1. The van der Waals surface area contributed by atoms with Crippen molar-refractivity contribution in [2.24, 2.45) is 17.6 Å². The quantitative estimate of drug-likeness (QED) is 0.800. The van der Waals surface area contributed by atoms with E-state index in [4.69, 9.17) is 11.5 Å². The van der Waals surface area contributed by atoms with E-state index in [2.05, 4.69) is 24.3 Å². The number of allylic oxidation sites excluding steroid dienone is 4. The Balaban J connectivity index is 1.76. The van der Waals surface area contributed by atoms with Gasteiger partial charge in [0.1, 0.15) is 0 Å². The molecular weight excluding hydrogens is 244 g/mol. The molecule has 0 aliphatic heterocycles. The number of hydrogen-bond donors (Lipinski definition) is 2. The third-order valence-corrected chi connectivity index (χ3v) is 5.42. The molecule has 1 aromatic carbocycles. The fourth-order valence-electron chi connectivity index (χ4n) is 4.15. The number of anilines is 1. The lowest BCUT2D eigenvalue weighted by Gasteiger charge is -2.32. The van der Waals surface area contributed by atoms with Gasteiger partial charge in [-0.3, -0.25) is 0 Å². The molecule has 3 aliphatic carbocycles. The predicted octanol–water partition coefficient (Wildman–Crippen LogP) is 3.80. The van der Waals surface area contributed by atoms with Crippen LogP contribution in [-0.4, -0.2) is 0 Å². The minimum atomic E-state index is 0.581. The van der Waals surface area contributed by atoms with Crippen LogP contribution in [0.5, 0.6) is 0 Å². The summed E-state index contributed by atoms with van der Waals surface area (Å²) in [6, 6.07) is 6.44. The lowest BCUT2D eigenvalue weighted by molar-refractivity contribution is 0.262. The first-order valence-electron chi connectivity index (χ1n) is 7.78. The molecule has 1 saturated carbocycles. The average Bonchev–Trinajstić information content (AvgIpc) is 2.66. The van der Waals surface area contributed by atoms with E-state index in [0.29, 0.717) is 11.8 Å². The van der Waals surface area contributed by atoms with E-state index in [1.807, 2.05) is 6.07 Å². The topological polar surface area (TPSA) is 52.0 Å². The molecule has 4 N–H and O–H groups in total. The molecule has 3 aliphatic rings. The van der Waals surface area contributed by atoms with Crippen molar-refractivity contribution in [1.82, 2.24) is 0 Å². The van der Waals surface area contributed by atoms with Gasteiger partial charge in [-0.1, -0.05) is 31.4 Å². The number of hydrogen-bond acceptors (Lipinski definition) is 2. The van der Waals surface area contributed by atoms with E-state index in [0.717, 1.165) is 23.7 Å². The molecule has 20 heavy (non-hydrogen) atoms. The summed E-state index contributed by atoms with van der Waals surface area (Å²) in [6.07, 6.45) is 10.9. The molecule has 0 spiro atoms. The normalized spacial score (nSPS) is 28.2. The molecule has 104 valence electrons. The van der Waals surface area contributed by atoms with Crippen LogP contribution >= 0.6 is 0 Å². The highest BCUT2D eigenvalue weighted by Crippen LogP contribution is 2.54. The monoisotopic (exact) mass is 266 g/mol. The Morgan fingerprint density at radius 1 is 1.10 bits per heavy atom. The van der Waals surface area contributed by atoms with E-state index in [-0.39, 0.29) is 0 Å². The summed E-state index contributed by atoms with van der Waals surface area (Å²) in [4.78, 5) is 0. The maximum atomic E-state index is 6.09. The highest BCUT2D eigenvalue weighted by molar-refractivity contribution is 5.79. The second kappa shape index (κ2) is 4.41. The van der Waals surface area contributed by atoms with Crippen molar-refractivity contribution >= 4 is 11.3 Å². The molecule has 1 fully saturated rings. The number of nitrogens with two attached hydrogens (primary N) is 2. The van der Waals surface area contributed by atoms with Crippen LogP contribution in [0.1, 0.15) is 49.1 Å². The van der Waals surface area contributed by atoms with Crippen molar-refractivity contribution in [3.63, 3.8) is 0 Å². The van der Waals surface area contributed by atoms with Crippen molar-refractivity contribution in [2.45, 2.75) is 38.0 Å². The molecule has 1 aromatic rings. The SMILES string of the molecule is NC1=CC=C2c3ccc(N)cc3C(CC3CCC3)C2C1. The first-order valence-corrected chi connectivity index (χ1v) is 7.78. The van der Waals surface area contributed by atoms with Crippen LogP contribution in [0.15, 0.2) is 36.0 Å². The van der Waals surface area contributed by atoms with Gasteiger partial charge in [0.05, 0.1) is 0 Å². The minimum absolute atomic E-state index is 0.581. The van der Waals surface area contributed by atoms with E-state index in [9.17, 15) is 0 Å². The van der Waals surface area contributed by atoms with Crippen LogP contribution < -0.4 is 11.5 Å². The Morgan fingerprint density at radius 3 is 2.70 bits per heavy atom. The zero-order valence-electron chi connectivity index (χ0n) is 11.8. The molecule has 2 heteroatoms. The number of rotatable bonds is 2. The van der Waals surface area contributed by atoms with Gasteiger partial charge in [0.2, 0.25) is 0 Å². The largest absolute Gasteiger partial charge is 0.402 e. The summed E-state index contributed by atoms with van der Waals surface area (Å²) < 4.78 is 0. The van der Waals surface area contributed by atoms with E-state index in [1.165, 1.54) is 42.4 Å². The number of fused-ring (bicyclic) bond motifs is 3. The smallest absolute Gasteiger partial charge is 0.0317 e. The highest BCUT2D eigenvalue weighted by atomic mass is 14.6. The molecule has 0 aromatic heterocycles. The second-order valence-electron chi connectivity index (χ2n) is 6.66. The van der Waals surface area contributed by atoms with E-state index < -0.39 is 0 Å². The molecule has 0 saturated heterocycles. The Kier molecular flexibility index (Phi) is 2.66. The fraction of sp³-hybridized carbons (Fsp3) is 0.444. The summed E-state index contributed by atoms with van der Waals surface area (Å²) in [6.45, 7) is 0. The van der Waals surface area contributed by atoms with Crippen LogP contribution in [-0.2, 0) is 0 Å². The van der Waals surface area contributed by atoms with Gasteiger partial charge in [-0.05, 0) is 65.5 Å². The molecule has 0 radical (unpaired) electrons. The third kappa shape index (κ3) is 1.78. The van der Waals surface area contributed by atoms with Crippen molar-refractivity contribution in [3.8, 4) is 0 Å². The van der Waals surface area contributed by atoms with Gasteiger partial charge in [0, 0.05) is 11.4 Å². The van der Waals surface area contributed by atoms with Gasteiger partial charge in [0.25, 0.3) is 0 Å². The fourth-order valence-corrected chi connectivity index (χ4v) is 4.15. The minimum Gasteiger partial charge on any atom is -0.402 e. The molecule has 0 amide bonds. The molecule has 0 bridgehead atoms. The predicted molar refractivity (Wildman–Crippen MR) is 83.9 cm³/mol. The molecule has 0 heterocycles. The van der Waals surface area contributed by atoms with Crippen molar-refractivity contribution in [2.75, 3.05) is 5.73 Å². The lowest BCUT2D eigenvalue weighted by Crippen LogP contribution is -2.20. The van der Waals surface area contributed by atoms with Crippen LogP contribution in [0, 0.1) is 11.8 Å². The number of benzene rings is 1. The van der Waals surface area contributed by atoms with Gasteiger partial charge in [-0.25, -0.2) is 0 Å². The van der Waals surface area contributed by atoms with Gasteiger partial charge < -0.3 is 11.5 Å². The first-order chi connectivity index (χ1) is 9.72. The lowest BCUT2D eigenvalue weighted by atomic mass is 9.73. The molecular formula is C18H22N2. The maximum absolute atomic E-state index is 6.09. The van der Waals surface area contributed by atoms with Crippen molar-refractivity contribution in [1.29, 1.82) is 0 Å². The molecule has 2 nitrogen and oxygen atoms in total. The van der Waals surface area contributed by atoms with Crippen LogP contribution in [0.25, 0.3) is 5.57 Å². The number of nitrogen functional groups attached to an aromatic ring is 1. The van der Waals surface area contributed by atoms with Gasteiger partial charge in [0.15, 0.2) is 0 Å². The Bertz CT molecular complexity index is 608. The van der Waals surface area contributed by atoms with E-state index >= 15 is 0 Å². The Morgan fingerprint density at radius 2 is 1.95 bits per heavy atom. The summed E-state index contributed by atoms with van der Waals surface area (Å²) in [5.74, 6) is 2.12. The summed E-state index contributed by atoms with van der Waals surface area (Å²) in [5.41, 5.74) is 18.4. The summed E-state index contributed by atoms with van der Waals surface area (Å²) >= 11 is 0. The summed E-state index contributed by atoms with van der Waals surface area (Å²) in [5, 5.41) is 0. The molecule has 4 rings (SSSR count). The van der Waals surface area contributed by atoms with E-state index in [1.54, 1.807) is 0 Å². The molecule has 2 unspecified atom stereocenters. The Labute approximate surface area is 120 Å². The third-order valence-electron chi connectivity index (χ3n) is 5.42. The van der Waals surface area contributed by atoms with Gasteiger partial charge in [-0.15, -0.1) is 0 Å². The van der Waals surface area contributed by atoms with Crippen molar-refractivity contribution in [3.05, 3.63) is 47.2 Å². The zero-order chi connectivity index (χ0) is 13.7. The standard InChI is InChI=1S/C18H22N2/c19-12-4-6-14-15-7-5-13(20)10-18(15)16(17(14)9-12)8-11-2-1-3-11/h4-7,9,11,16,18H,1-3,8,10,19-20H2. The van der Waals surface area contributed by atoms with Crippen LogP contribution in [0.2, 0.25) is 0 Å². The second-order valence-corrected chi connectivity index (χ2v) is 6.66. The average molecular weight is 266 g/mol. The van der Waals surface area contributed by atoms with Crippen molar-refractivity contribution < 1.29 is 0 Å². The van der Waals surface area contributed by atoms with Gasteiger partial charge >= 0.3 is 0 Å². The maximum Gasteiger partial charge on any atom is 0.0317 e. The Hall–Kier alpha value is -1.70. The van der Waals surface area contributed by atoms with Crippen LogP contribution in [0.4, 0.5) is 5.69 Å². The van der Waals surface area contributed by atoms with Crippen LogP contribution in [0.3, 0.4) is 0 Å². The van der Waals surface area contributed by atoms with Gasteiger partial charge in [-0.2, -0.15) is 0 Å².